The number of nitrogens with zero attached hydrogens (tertiary/aromatic N) is 4. The molecule has 0 saturated heterocycles. The number of aryl methyl sites for hydroxylation is 2. The van der Waals surface area contributed by atoms with Crippen molar-refractivity contribution in [2.24, 2.45) is 7.05 Å². The topological polar surface area (TPSA) is 111 Å². The molecule has 0 bridgehead atoms. The number of aromatic nitrogens is 4. The van der Waals surface area contributed by atoms with Crippen molar-refractivity contribution < 1.29 is 19.4 Å². The Kier molecular flexibility index (Phi) is 4.93. The van der Waals surface area contributed by atoms with E-state index >= 15 is 0 Å². The van der Waals surface area contributed by atoms with Crippen LogP contribution in [0.3, 0.4) is 0 Å². The smallest absolute Gasteiger partial charge is 0.356 e. The number of nitrogens with one attached hydrogen (secondary N) is 1. The van der Waals surface area contributed by atoms with Gasteiger partial charge in [-0.25, -0.2) is 9.48 Å². The molecule has 9 nitrogen and oxygen atoms in total. The van der Waals surface area contributed by atoms with Crippen LogP contribution in [0.5, 0.6) is 5.75 Å². The highest BCUT2D eigenvalue weighted by molar-refractivity contribution is 5.92. The summed E-state index contributed by atoms with van der Waals surface area (Å²) in [6, 6.07) is 8.28. The molecule has 1 aromatic carbocycles. The maximum Gasteiger partial charge on any atom is 0.356 e. The van der Waals surface area contributed by atoms with Crippen LogP contribution in [0.1, 0.15) is 21.9 Å². The molecule has 0 fully saturated rings. The molecule has 140 valence electrons. The standard InChI is InChI=1S/C18H19N5O4/c1-11-17(12(2)22(3)20-11)27-10-16(24)19-13-4-6-14(7-5-13)23-9-8-15(21-23)18(25)26/h4-9H,10H2,1-3H3,(H,19,24)(H,25,26). The Bertz CT molecular complexity index is 988. The zero-order valence-corrected chi connectivity index (χ0v) is 15.1. The molecule has 9 heteroatoms. The number of carbonyl (C=O) groups excluding carboxylic acids is 1. The largest absolute Gasteiger partial charge is 0.480 e. The lowest BCUT2D eigenvalue weighted by Crippen LogP contribution is -2.20. The van der Waals surface area contributed by atoms with Crippen molar-refractivity contribution in [3.63, 3.8) is 0 Å². The molecule has 0 aliphatic carbocycles. The number of carbonyl (C=O) groups is 2. The second-order valence-corrected chi connectivity index (χ2v) is 5.96. The van der Waals surface area contributed by atoms with E-state index in [-0.39, 0.29) is 18.2 Å². The van der Waals surface area contributed by atoms with Crippen LogP contribution in [0.15, 0.2) is 36.5 Å². The molecule has 2 aromatic heterocycles. The van der Waals surface area contributed by atoms with Crippen LogP contribution in [0, 0.1) is 13.8 Å². The van der Waals surface area contributed by atoms with Gasteiger partial charge in [0, 0.05) is 18.9 Å². The van der Waals surface area contributed by atoms with Crippen LogP contribution in [0.25, 0.3) is 5.69 Å². The molecule has 0 unspecified atom stereocenters. The molecule has 0 spiro atoms. The van der Waals surface area contributed by atoms with Crippen LogP contribution >= 0.6 is 0 Å². The van der Waals surface area contributed by atoms with E-state index in [1.165, 1.54) is 10.7 Å². The summed E-state index contributed by atoms with van der Waals surface area (Å²) >= 11 is 0. The molecule has 3 aromatic rings. The quantitative estimate of drug-likeness (QED) is 0.687. The monoisotopic (exact) mass is 369 g/mol. The predicted octanol–water partition coefficient (Wildman–Crippen LogP) is 1.94. The summed E-state index contributed by atoms with van der Waals surface area (Å²) in [5.74, 6) is -0.773. The highest BCUT2D eigenvalue weighted by atomic mass is 16.5. The molecule has 0 radical (unpaired) electrons. The average Bonchev–Trinajstić information content (AvgIpc) is 3.20. The van der Waals surface area contributed by atoms with Gasteiger partial charge in [-0.15, -0.1) is 0 Å². The minimum atomic E-state index is -1.09. The molecule has 2 N–H and O–H groups in total. The fourth-order valence-corrected chi connectivity index (χ4v) is 2.58. The Morgan fingerprint density at radius 2 is 1.85 bits per heavy atom. The molecule has 0 atom stereocenters. The van der Waals surface area contributed by atoms with E-state index in [9.17, 15) is 9.59 Å². The normalized spacial score (nSPS) is 10.6. The summed E-state index contributed by atoms with van der Waals surface area (Å²) in [6.45, 7) is 3.57. The van der Waals surface area contributed by atoms with Crippen molar-refractivity contribution >= 4 is 17.6 Å². The Labute approximate surface area is 155 Å². The number of anilines is 1. The minimum Gasteiger partial charge on any atom is -0.480 e. The van der Waals surface area contributed by atoms with Crippen LogP contribution in [0.2, 0.25) is 0 Å². The van der Waals surface area contributed by atoms with Gasteiger partial charge in [0.05, 0.1) is 11.4 Å². The zero-order chi connectivity index (χ0) is 19.6. The Morgan fingerprint density at radius 3 is 2.41 bits per heavy atom. The summed E-state index contributed by atoms with van der Waals surface area (Å²) in [4.78, 5) is 23.0. The van der Waals surface area contributed by atoms with Crippen molar-refractivity contribution in [1.29, 1.82) is 0 Å². The van der Waals surface area contributed by atoms with Crippen molar-refractivity contribution in [3.8, 4) is 11.4 Å². The molecular formula is C18H19N5O4. The number of carboxylic acids is 1. The molecule has 1 amide bonds. The van der Waals surface area contributed by atoms with Crippen LogP contribution in [0.4, 0.5) is 5.69 Å². The summed E-state index contributed by atoms with van der Waals surface area (Å²) in [7, 11) is 1.82. The van der Waals surface area contributed by atoms with Crippen molar-refractivity contribution in [1.82, 2.24) is 19.6 Å². The second kappa shape index (κ2) is 7.32. The fourth-order valence-electron chi connectivity index (χ4n) is 2.58. The van der Waals surface area contributed by atoms with Gasteiger partial charge >= 0.3 is 5.97 Å². The average molecular weight is 369 g/mol. The number of ether oxygens (including phenoxy) is 1. The number of aromatic carboxylic acids is 1. The lowest BCUT2D eigenvalue weighted by molar-refractivity contribution is -0.118. The number of amides is 1. The zero-order valence-electron chi connectivity index (χ0n) is 15.1. The number of carboxylic acid groups (broad SMARTS) is 1. The van der Waals surface area contributed by atoms with Gasteiger partial charge in [0.25, 0.3) is 5.91 Å². The first kappa shape index (κ1) is 18.2. The minimum absolute atomic E-state index is 0.0366. The van der Waals surface area contributed by atoms with Gasteiger partial charge in [0.1, 0.15) is 5.69 Å². The molecule has 0 saturated carbocycles. The van der Waals surface area contributed by atoms with Gasteiger partial charge in [-0.05, 0) is 44.2 Å². The van der Waals surface area contributed by atoms with Crippen LogP contribution < -0.4 is 10.1 Å². The van der Waals surface area contributed by atoms with Gasteiger partial charge in [0.15, 0.2) is 18.1 Å². The third kappa shape index (κ3) is 3.97. The SMILES string of the molecule is Cc1nn(C)c(C)c1OCC(=O)Nc1ccc(-n2ccc(C(=O)O)n2)cc1. The summed E-state index contributed by atoms with van der Waals surface area (Å²) in [5, 5.41) is 19.9. The lowest BCUT2D eigenvalue weighted by atomic mass is 10.3. The van der Waals surface area contributed by atoms with Gasteiger partial charge in [-0.1, -0.05) is 0 Å². The Balaban J connectivity index is 1.60. The summed E-state index contributed by atoms with van der Waals surface area (Å²) in [5.41, 5.74) is 2.82. The molecule has 0 aliphatic rings. The Morgan fingerprint density at radius 1 is 1.15 bits per heavy atom. The van der Waals surface area contributed by atoms with E-state index < -0.39 is 5.97 Å². The first-order valence-electron chi connectivity index (χ1n) is 8.17. The van der Waals surface area contributed by atoms with E-state index in [1.54, 1.807) is 35.1 Å². The van der Waals surface area contributed by atoms with Gasteiger partial charge in [-0.2, -0.15) is 10.2 Å². The molecule has 2 heterocycles. The van der Waals surface area contributed by atoms with Gasteiger partial charge in [-0.3, -0.25) is 9.48 Å². The number of hydrogen-bond acceptors (Lipinski definition) is 5. The van der Waals surface area contributed by atoms with E-state index in [2.05, 4.69) is 15.5 Å². The van der Waals surface area contributed by atoms with Crippen molar-refractivity contribution in [2.45, 2.75) is 13.8 Å². The van der Waals surface area contributed by atoms with Gasteiger partial charge < -0.3 is 15.2 Å². The number of benzene rings is 1. The molecule has 27 heavy (non-hydrogen) atoms. The first-order valence-corrected chi connectivity index (χ1v) is 8.17. The lowest BCUT2D eigenvalue weighted by Gasteiger charge is -2.09. The van der Waals surface area contributed by atoms with Crippen LogP contribution in [-0.2, 0) is 11.8 Å². The predicted molar refractivity (Wildman–Crippen MR) is 97.3 cm³/mol. The van der Waals surface area contributed by atoms with E-state index in [0.29, 0.717) is 17.1 Å². The van der Waals surface area contributed by atoms with Crippen molar-refractivity contribution in [2.75, 3.05) is 11.9 Å². The summed E-state index contributed by atoms with van der Waals surface area (Å²) in [6.07, 6.45) is 1.56. The number of hydrogen-bond donors (Lipinski definition) is 2. The second-order valence-electron chi connectivity index (χ2n) is 5.96. The van der Waals surface area contributed by atoms with E-state index in [4.69, 9.17) is 9.84 Å². The van der Waals surface area contributed by atoms with E-state index in [0.717, 1.165) is 11.4 Å². The van der Waals surface area contributed by atoms with Crippen molar-refractivity contribution in [3.05, 3.63) is 53.6 Å². The number of rotatable bonds is 6. The third-order valence-corrected chi connectivity index (χ3v) is 4.01. The highest BCUT2D eigenvalue weighted by Crippen LogP contribution is 2.21. The fraction of sp³-hybridized carbons (Fsp3) is 0.222. The molecule has 0 aliphatic heterocycles. The van der Waals surface area contributed by atoms with Crippen LogP contribution in [-0.4, -0.2) is 43.2 Å². The summed E-state index contributed by atoms with van der Waals surface area (Å²) < 4.78 is 8.73. The third-order valence-electron chi connectivity index (χ3n) is 4.01. The molecule has 3 rings (SSSR count). The van der Waals surface area contributed by atoms with Gasteiger partial charge in [0.2, 0.25) is 0 Å². The maximum atomic E-state index is 12.1. The maximum absolute atomic E-state index is 12.1. The first-order chi connectivity index (χ1) is 12.8. The Hall–Kier alpha value is -3.62. The van der Waals surface area contributed by atoms with E-state index in [1.807, 2.05) is 20.9 Å². The highest BCUT2D eigenvalue weighted by Gasteiger charge is 2.13. The molecular weight excluding hydrogens is 350 g/mol.